The Balaban J connectivity index is 1.21. The van der Waals surface area contributed by atoms with E-state index in [4.69, 9.17) is 9.97 Å². The summed E-state index contributed by atoms with van der Waals surface area (Å²) < 4.78 is 81.7. The minimum atomic E-state index is -4.95. The Kier molecular flexibility index (Phi) is 9.62. The van der Waals surface area contributed by atoms with Crippen molar-refractivity contribution in [3.63, 3.8) is 0 Å². The molecule has 9 heteroatoms. The van der Waals surface area contributed by atoms with Crippen LogP contribution in [0.1, 0.15) is 5.56 Å². The summed E-state index contributed by atoms with van der Waals surface area (Å²) in [5.74, 6) is -1.99. The summed E-state index contributed by atoms with van der Waals surface area (Å²) in [7, 11) is 0. The molecular formula is C59H35F5N4. The van der Waals surface area contributed by atoms with Crippen molar-refractivity contribution in [2.24, 2.45) is 0 Å². The molecule has 0 radical (unpaired) electrons. The molecule has 12 aromatic rings. The van der Waals surface area contributed by atoms with E-state index in [-0.39, 0.29) is 16.8 Å². The molecule has 0 N–H and O–H groups in total. The number of halogens is 5. The number of alkyl halides is 3. The number of fused-ring (bicyclic) bond motifs is 6. The van der Waals surface area contributed by atoms with Crippen molar-refractivity contribution in [2.75, 3.05) is 0 Å². The van der Waals surface area contributed by atoms with Gasteiger partial charge in [-0.3, -0.25) is 9.97 Å². The molecule has 4 heterocycles. The van der Waals surface area contributed by atoms with Crippen LogP contribution in [-0.4, -0.2) is 19.1 Å². The Labute approximate surface area is 386 Å². The van der Waals surface area contributed by atoms with E-state index in [1.54, 1.807) is 12.4 Å². The summed E-state index contributed by atoms with van der Waals surface area (Å²) in [6.07, 6.45) is -1.45. The largest absolute Gasteiger partial charge is 0.417 e. The van der Waals surface area contributed by atoms with Crippen molar-refractivity contribution in [3.8, 4) is 67.3 Å². The average Bonchev–Trinajstić information content (AvgIpc) is 3.88. The highest BCUT2D eigenvalue weighted by Gasteiger charge is 2.36. The fraction of sp³-hybridized carbons (Fsp3) is 0.0169. The molecule has 0 bridgehead atoms. The van der Waals surface area contributed by atoms with Crippen LogP contribution in [0.5, 0.6) is 0 Å². The second-order valence-corrected chi connectivity index (χ2v) is 16.7. The van der Waals surface area contributed by atoms with E-state index in [1.165, 1.54) is 6.07 Å². The molecule has 0 saturated carbocycles. The first-order valence-corrected chi connectivity index (χ1v) is 22.0. The quantitative estimate of drug-likeness (QED) is 0.149. The van der Waals surface area contributed by atoms with Gasteiger partial charge in [0.2, 0.25) is 0 Å². The first-order chi connectivity index (χ1) is 33.2. The maximum atomic E-state index is 15.9. The van der Waals surface area contributed by atoms with E-state index in [2.05, 4.69) is 0 Å². The summed E-state index contributed by atoms with van der Waals surface area (Å²) in [5.41, 5.74) is 8.34. The zero-order valence-electron chi connectivity index (χ0n) is 35.9. The van der Waals surface area contributed by atoms with Gasteiger partial charge in [-0.15, -0.1) is 0 Å². The van der Waals surface area contributed by atoms with Crippen LogP contribution in [0.3, 0.4) is 0 Å². The van der Waals surface area contributed by atoms with Gasteiger partial charge in [0, 0.05) is 62.3 Å². The summed E-state index contributed by atoms with van der Waals surface area (Å²) in [6, 6.07) is 60.1. The molecule has 12 rings (SSSR count). The van der Waals surface area contributed by atoms with Crippen LogP contribution in [0.15, 0.2) is 213 Å². The summed E-state index contributed by atoms with van der Waals surface area (Å²) in [5, 5.41) is 3.36. The normalized spacial score (nSPS) is 11.9. The summed E-state index contributed by atoms with van der Waals surface area (Å²) in [4.78, 5) is 9.58. The number of para-hydroxylation sites is 2. The third-order valence-electron chi connectivity index (χ3n) is 12.8. The minimum Gasteiger partial charge on any atom is -0.307 e. The fourth-order valence-electron chi connectivity index (χ4n) is 9.84. The average molecular weight is 895 g/mol. The van der Waals surface area contributed by atoms with E-state index in [0.717, 1.165) is 90.0 Å². The Morgan fingerprint density at radius 2 is 0.779 bits per heavy atom. The number of rotatable bonds is 7. The van der Waals surface area contributed by atoms with Crippen molar-refractivity contribution in [1.29, 1.82) is 0 Å². The fourth-order valence-corrected chi connectivity index (χ4v) is 9.84. The van der Waals surface area contributed by atoms with Gasteiger partial charge in [-0.2, -0.15) is 13.2 Å². The Morgan fingerprint density at radius 3 is 1.26 bits per heavy atom. The molecule has 326 valence electrons. The van der Waals surface area contributed by atoms with Gasteiger partial charge < -0.3 is 9.13 Å². The molecule has 0 atom stereocenters. The smallest absolute Gasteiger partial charge is 0.307 e. The van der Waals surface area contributed by atoms with Gasteiger partial charge in [0.15, 0.2) is 0 Å². The van der Waals surface area contributed by atoms with Crippen LogP contribution in [0.4, 0.5) is 22.0 Å². The van der Waals surface area contributed by atoms with E-state index in [9.17, 15) is 0 Å². The van der Waals surface area contributed by atoms with E-state index >= 15 is 22.0 Å². The monoisotopic (exact) mass is 894 g/mol. The zero-order chi connectivity index (χ0) is 46.1. The molecule has 0 aliphatic heterocycles. The second kappa shape index (κ2) is 16.0. The first-order valence-electron chi connectivity index (χ1n) is 22.0. The SMILES string of the molecule is Fc1cc(F)cc(-c2cc(-n3c4ccccc4c4ccc(-c5cccnc5-c5ccccc5)cc43)c(-n3c4ccccc4c4ccc(-c5cccnc5-c5ccccc5)cc43)cc2C(F)(F)F)c1. The third kappa shape index (κ3) is 6.81. The van der Waals surface area contributed by atoms with Gasteiger partial charge in [0.1, 0.15) is 11.6 Å². The molecule has 4 nitrogen and oxygen atoms in total. The number of hydrogen-bond acceptors (Lipinski definition) is 2. The number of nitrogens with zero attached hydrogens (tertiary/aromatic N) is 4. The van der Waals surface area contributed by atoms with Crippen molar-refractivity contribution >= 4 is 43.6 Å². The van der Waals surface area contributed by atoms with Gasteiger partial charge in [0.25, 0.3) is 0 Å². The topological polar surface area (TPSA) is 35.6 Å². The molecule has 8 aromatic carbocycles. The lowest BCUT2D eigenvalue weighted by Gasteiger charge is -2.22. The number of pyridine rings is 2. The highest BCUT2D eigenvalue weighted by molar-refractivity contribution is 6.13. The van der Waals surface area contributed by atoms with Crippen LogP contribution < -0.4 is 0 Å². The zero-order valence-corrected chi connectivity index (χ0v) is 35.9. The summed E-state index contributed by atoms with van der Waals surface area (Å²) >= 11 is 0. The van der Waals surface area contributed by atoms with E-state index in [0.29, 0.717) is 28.3 Å². The predicted octanol–water partition coefficient (Wildman–Crippen LogP) is 16.3. The molecule has 0 amide bonds. The number of benzene rings is 8. The molecule has 68 heavy (non-hydrogen) atoms. The van der Waals surface area contributed by atoms with Crippen molar-refractivity contribution < 1.29 is 22.0 Å². The predicted molar refractivity (Wildman–Crippen MR) is 263 cm³/mol. The number of aromatic nitrogens is 4. The minimum absolute atomic E-state index is 0.204. The molecule has 0 spiro atoms. The third-order valence-corrected chi connectivity index (χ3v) is 12.8. The lowest BCUT2D eigenvalue weighted by atomic mass is 9.96. The summed E-state index contributed by atoms with van der Waals surface area (Å²) in [6.45, 7) is 0. The van der Waals surface area contributed by atoms with Gasteiger partial charge in [-0.25, -0.2) is 8.78 Å². The maximum Gasteiger partial charge on any atom is 0.417 e. The Morgan fingerprint density at radius 1 is 0.338 bits per heavy atom. The molecule has 0 fully saturated rings. The van der Waals surface area contributed by atoms with Crippen LogP contribution in [-0.2, 0) is 6.18 Å². The van der Waals surface area contributed by atoms with Crippen molar-refractivity contribution in [1.82, 2.24) is 19.1 Å². The van der Waals surface area contributed by atoms with Gasteiger partial charge in [0.05, 0.1) is 50.4 Å². The second-order valence-electron chi connectivity index (χ2n) is 16.7. The highest BCUT2D eigenvalue weighted by Crippen LogP contribution is 2.46. The van der Waals surface area contributed by atoms with Crippen molar-refractivity contribution in [3.05, 3.63) is 230 Å². The lowest BCUT2D eigenvalue weighted by molar-refractivity contribution is -0.137. The van der Waals surface area contributed by atoms with Gasteiger partial charge in [-0.1, -0.05) is 133 Å². The molecule has 4 aromatic heterocycles. The van der Waals surface area contributed by atoms with Crippen LogP contribution in [0.25, 0.3) is 111 Å². The lowest BCUT2D eigenvalue weighted by Crippen LogP contribution is -2.12. The van der Waals surface area contributed by atoms with Gasteiger partial charge in [-0.05, 0) is 82.9 Å². The Hall–Kier alpha value is -8.69. The molecule has 0 saturated heterocycles. The molecule has 0 unspecified atom stereocenters. The standard InChI is InChI=1S/C59H35F5N4/c60-41-29-40(30-42(61)33-41)49-34-55(67-51-21-9-7-17-45(51)47-25-23-38(31-53(47)67)43-19-11-27-65-57(43)36-13-3-1-4-14-36)56(35-50(49)59(62,63)64)68-52-22-10-8-18-46(52)48-26-24-39(32-54(48)68)44-20-12-28-66-58(44)37-15-5-2-6-16-37/h1-35H. The number of hydrogen-bond donors (Lipinski definition) is 0. The molecular weight excluding hydrogens is 860 g/mol. The molecule has 0 aliphatic rings. The van der Waals surface area contributed by atoms with Crippen molar-refractivity contribution in [2.45, 2.75) is 6.18 Å². The van der Waals surface area contributed by atoms with Crippen LogP contribution >= 0.6 is 0 Å². The highest BCUT2D eigenvalue weighted by atomic mass is 19.4. The van der Waals surface area contributed by atoms with E-state index < -0.39 is 23.4 Å². The maximum absolute atomic E-state index is 15.9. The van der Waals surface area contributed by atoms with Crippen LogP contribution in [0.2, 0.25) is 0 Å². The van der Waals surface area contributed by atoms with Crippen LogP contribution in [0, 0.1) is 11.6 Å². The molecule has 0 aliphatic carbocycles. The first kappa shape index (κ1) is 40.8. The van der Waals surface area contributed by atoms with E-state index in [1.807, 2.05) is 179 Å². The Bertz CT molecular complexity index is 3910. The van der Waals surface area contributed by atoms with Gasteiger partial charge >= 0.3 is 6.18 Å².